The third kappa shape index (κ3) is 3.08. The molecule has 1 amide bonds. The van der Waals surface area contributed by atoms with Crippen LogP contribution in [0.4, 0.5) is 5.69 Å². The average molecular weight is 321 g/mol. The highest BCUT2D eigenvalue weighted by Gasteiger charge is 2.26. The highest BCUT2D eigenvalue weighted by atomic mass is 16.5. The van der Waals surface area contributed by atoms with E-state index in [1.165, 1.54) is 6.92 Å². The topological polar surface area (TPSA) is 55.4 Å². The van der Waals surface area contributed by atoms with E-state index in [-0.39, 0.29) is 18.3 Å². The van der Waals surface area contributed by atoms with E-state index in [1.807, 2.05) is 56.3 Å². The van der Waals surface area contributed by atoms with Gasteiger partial charge in [0.2, 0.25) is 5.91 Å². The SMILES string of the molecule is CC(=O)Nc1ccc(/C=C2\COc3c(C)ccc(C)c3C2=O)cc1. The van der Waals surface area contributed by atoms with Gasteiger partial charge in [-0.2, -0.15) is 0 Å². The van der Waals surface area contributed by atoms with Gasteiger partial charge < -0.3 is 10.1 Å². The van der Waals surface area contributed by atoms with Crippen molar-refractivity contribution in [3.05, 3.63) is 64.2 Å². The van der Waals surface area contributed by atoms with Crippen LogP contribution in [0, 0.1) is 13.8 Å². The van der Waals surface area contributed by atoms with E-state index in [0.717, 1.165) is 22.4 Å². The van der Waals surface area contributed by atoms with Gasteiger partial charge in [-0.05, 0) is 48.7 Å². The fourth-order valence-corrected chi connectivity index (χ4v) is 2.80. The van der Waals surface area contributed by atoms with Crippen molar-refractivity contribution in [3.8, 4) is 5.75 Å². The van der Waals surface area contributed by atoms with E-state index in [9.17, 15) is 9.59 Å². The lowest BCUT2D eigenvalue weighted by Crippen LogP contribution is -2.21. The number of ketones is 1. The van der Waals surface area contributed by atoms with Crippen LogP contribution in [-0.2, 0) is 4.79 Å². The highest BCUT2D eigenvalue weighted by molar-refractivity contribution is 6.15. The van der Waals surface area contributed by atoms with Crippen molar-refractivity contribution >= 4 is 23.5 Å². The van der Waals surface area contributed by atoms with E-state index in [1.54, 1.807) is 0 Å². The van der Waals surface area contributed by atoms with Crippen LogP contribution < -0.4 is 10.1 Å². The second kappa shape index (κ2) is 6.32. The quantitative estimate of drug-likeness (QED) is 0.853. The smallest absolute Gasteiger partial charge is 0.221 e. The van der Waals surface area contributed by atoms with Crippen molar-refractivity contribution in [2.24, 2.45) is 0 Å². The molecule has 0 saturated carbocycles. The van der Waals surface area contributed by atoms with Crippen LogP contribution in [-0.4, -0.2) is 18.3 Å². The minimum Gasteiger partial charge on any atom is -0.488 e. The summed E-state index contributed by atoms with van der Waals surface area (Å²) in [5.41, 5.74) is 4.80. The summed E-state index contributed by atoms with van der Waals surface area (Å²) in [6.45, 7) is 5.60. The fraction of sp³-hybridized carbons (Fsp3) is 0.200. The molecule has 1 N–H and O–H groups in total. The van der Waals surface area contributed by atoms with Crippen molar-refractivity contribution < 1.29 is 14.3 Å². The van der Waals surface area contributed by atoms with E-state index < -0.39 is 0 Å². The summed E-state index contributed by atoms with van der Waals surface area (Å²) < 4.78 is 5.82. The third-order valence-electron chi connectivity index (χ3n) is 4.03. The Balaban J connectivity index is 1.90. The molecule has 0 fully saturated rings. The molecule has 2 aromatic carbocycles. The Morgan fingerprint density at radius 3 is 2.42 bits per heavy atom. The van der Waals surface area contributed by atoms with Gasteiger partial charge in [-0.25, -0.2) is 0 Å². The molecule has 0 aliphatic carbocycles. The second-order valence-electron chi connectivity index (χ2n) is 5.99. The molecule has 0 spiro atoms. The lowest BCUT2D eigenvalue weighted by molar-refractivity contribution is -0.114. The highest BCUT2D eigenvalue weighted by Crippen LogP contribution is 2.33. The molecule has 0 bridgehead atoms. The number of rotatable bonds is 2. The summed E-state index contributed by atoms with van der Waals surface area (Å²) in [5, 5.41) is 2.72. The van der Waals surface area contributed by atoms with E-state index in [4.69, 9.17) is 4.74 Å². The van der Waals surface area contributed by atoms with Crippen LogP contribution in [0.1, 0.15) is 34.0 Å². The molecule has 4 heteroatoms. The molecular formula is C20H19NO3. The fourth-order valence-electron chi connectivity index (χ4n) is 2.80. The number of hydrogen-bond donors (Lipinski definition) is 1. The van der Waals surface area contributed by atoms with Gasteiger partial charge in [-0.3, -0.25) is 9.59 Å². The van der Waals surface area contributed by atoms with Gasteiger partial charge in [0.25, 0.3) is 0 Å². The first-order chi connectivity index (χ1) is 11.5. The lowest BCUT2D eigenvalue weighted by atomic mass is 9.93. The molecule has 0 aromatic heterocycles. The van der Waals surface area contributed by atoms with Crippen LogP contribution >= 0.6 is 0 Å². The zero-order valence-electron chi connectivity index (χ0n) is 14.0. The zero-order chi connectivity index (χ0) is 17.3. The van der Waals surface area contributed by atoms with E-state index >= 15 is 0 Å². The number of aryl methyl sites for hydroxylation is 2. The van der Waals surface area contributed by atoms with Crippen molar-refractivity contribution in [2.75, 3.05) is 11.9 Å². The summed E-state index contributed by atoms with van der Waals surface area (Å²) in [5.74, 6) is 0.598. The number of anilines is 1. The van der Waals surface area contributed by atoms with Crippen LogP contribution in [0.2, 0.25) is 0 Å². The molecule has 3 rings (SSSR count). The van der Waals surface area contributed by atoms with Crippen LogP contribution in [0.5, 0.6) is 5.75 Å². The van der Waals surface area contributed by atoms with Gasteiger partial charge >= 0.3 is 0 Å². The minimum absolute atomic E-state index is 0.0170. The number of carbonyl (C=O) groups excluding carboxylic acids is 2. The van der Waals surface area contributed by atoms with Gasteiger partial charge in [0.05, 0.1) is 5.56 Å². The number of hydrogen-bond acceptors (Lipinski definition) is 3. The van der Waals surface area contributed by atoms with E-state index in [2.05, 4.69) is 5.32 Å². The number of ether oxygens (including phenoxy) is 1. The maximum Gasteiger partial charge on any atom is 0.221 e. The maximum absolute atomic E-state index is 12.8. The molecule has 1 heterocycles. The third-order valence-corrected chi connectivity index (χ3v) is 4.03. The normalized spacial score (nSPS) is 15.0. The van der Waals surface area contributed by atoms with Crippen LogP contribution in [0.25, 0.3) is 6.08 Å². The van der Waals surface area contributed by atoms with Crippen LogP contribution in [0.15, 0.2) is 42.0 Å². The summed E-state index contributed by atoms with van der Waals surface area (Å²) in [6, 6.07) is 11.3. The molecule has 1 aliphatic rings. The second-order valence-corrected chi connectivity index (χ2v) is 5.99. The Bertz CT molecular complexity index is 848. The first kappa shape index (κ1) is 16.0. The number of carbonyl (C=O) groups is 2. The van der Waals surface area contributed by atoms with Crippen molar-refractivity contribution in [2.45, 2.75) is 20.8 Å². The molecule has 24 heavy (non-hydrogen) atoms. The maximum atomic E-state index is 12.8. The van der Waals surface area contributed by atoms with Gasteiger partial charge in [0.15, 0.2) is 5.78 Å². The Kier molecular flexibility index (Phi) is 4.21. The molecule has 0 unspecified atom stereocenters. The van der Waals surface area contributed by atoms with Crippen LogP contribution in [0.3, 0.4) is 0 Å². The summed E-state index contributed by atoms with van der Waals surface area (Å²) in [6.07, 6.45) is 1.84. The predicted octanol–water partition coefficient (Wildman–Crippen LogP) is 3.92. The van der Waals surface area contributed by atoms with Crippen molar-refractivity contribution in [1.29, 1.82) is 0 Å². The first-order valence-electron chi connectivity index (χ1n) is 7.81. The average Bonchev–Trinajstić information content (AvgIpc) is 2.54. The Morgan fingerprint density at radius 2 is 1.75 bits per heavy atom. The summed E-state index contributed by atoms with van der Waals surface area (Å²) in [4.78, 5) is 23.9. The first-order valence-corrected chi connectivity index (χ1v) is 7.81. The summed E-state index contributed by atoms with van der Waals surface area (Å²) >= 11 is 0. The number of Topliss-reactive ketones (excluding diaryl/α,β-unsaturated/α-hetero) is 1. The lowest BCUT2D eigenvalue weighted by Gasteiger charge is -2.22. The predicted molar refractivity (Wildman–Crippen MR) is 94.5 cm³/mol. The molecule has 4 nitrogen and oxygen atoms in total. The standard InChI is InChI=1S/C20H19NO3/c1-12-4-5-13(2)20-18(12)19(23)16(11-24-20)10-15-6-8-17(9-7-15)21-14(3)22/h4-10H,11H2,1-3H3,(H,21,22)/b16-10+. The summed E-state index contributed by atoms with van der Waals surface area (Å²) in [7, 11) is 0. The van der Waals surface area contributed by atoms with Gasteiger partial charge in [0.1, 0.15) is 12.4 Å². The van der Waals surface area contributed by atoms with Gasteiger partial charge in [-0.1, -0.05) is 24.3 Å². The number of nitrogens with one attached hydrogen (secondary N) is 1. The Hall–Kier alpha value is -2.88. The van der Waals surface area contributed by atoms with Crippen molar-refractivity contribution in [3.63, 3.8) is 0 Å². The Labute approximate surface area is 141 Å². The van der Waals surface area contributed by atoms with E-state index in [0.29, 0.717) is 16.9 Å². The monoisotopic (exact) mass is 321 g/mol. The molecule has 2 aromatic rings. The molecular weight excluding hydrogens is 302 g/mol. The molecule has 122 valence electrons. The number of amides is 1. The zero-order valence-corrected chi connectivity index (χ0v) is 14.0. The molecule has 1 aliphatic heterocycles. The van der Waals surface area contributed by atoms with Crippen molar-refractivity contribution in [1.82, 2.24) is 0 Å². The van der Waals surface area contributed by atoms with Gasteiger partial charge in [0, 0.05) is 18.2 Å². The largest absolute Gasteiger partial charge is 0.488 e. The van der Waals surface area contributed by atoms with Gasteiger partial charge in [-0.15, -0.1) is 0 Å². The molecule has 0 atom stereocenters. The minimum atomic E-state index is -0.112. The Morgan fingerprint density at radius 1 is 1.08 bits per heavy atom. The number of fused-ring (bicyclic) bond motifs is 1. The molecule has 0 radical (unpaired) electrons. The number of benzene rings is 2. The molecule has 0 saturated heterocycles.